The Balaban J connectivity index is 3.80. The van der Waals surface area contributed by atoms with Crippen molar-refractivity contribution < 1.29 is 20.1 Å². The summed E-state index contributed by atoms with van der Waals surface area (Å²) in [6.07, 6.45) is 0.269. The molecule has 4 heteroatoms. The van der Waals surface area contributed by atoms with Gasteiger partial charge in [-0.25, -0.2) is 0 Å². The normalized spacial score (nSPS) is 16.2. The summed E-state index contributed by atoms with van der Waals surface area (Å²) in [4.78, 5) is 0. The molecule has 0 rings (SSSR count). The Morgan fingerprint density at radius 2 is 1.69 bits per heavy atom. The average molecular weight is 192 g/mol. The molecular formula is C9H20O4. The fourth-order valence-corrected chi connectivity index (χ4v) is 1.11. The first-order valence-electron chi connectivity index (χ1n) is 4.69. The van der Waals surface area contributed by atoms with Crippen LogP contribution in [-0.4, -0.2) is 46.8 Å². The van der Waals surface area contributed by atoms with Crippen molar-refractivity contribution in [3.8, 4) is 0 Å². The van der Waals surface area contributed by atoms with E-state index in [1.54, 1.807) is 6.92 Å². The number of aliphatic hydroxyl groups is 3. The Bertz CT molecular complexity index is 112. The fourth-order valence-electron chi connectivity index (χ4n) is 1.11. The molecule has 2 atom stereocenters. The smallest absolute Gasteiger partial charge is 0.104 e. The molecule has 0 aliphatic rings. The minimum absolute atomic E-state index is 0.0932. The number of rotatable bonds is 7. The van der Waals surface area contributed by atoms with Crippen molar-refractivity contribution in [1.29, 1.82) is 0 Å². The van der Waals surface area contributed by atoms with Crippen LogP contribution in [0.15, 0.2) is 0 Å². The molecular weight excluding hydrogens is 172 g/mol. The maximum atomic E-state index is 9.11. The lowest BCUT2D eigenvalue weighted by Gasteiger charge is -2.22. The first-order chi connectivity index (χ1) is 6.13. The summed E-state index contributed by atoms with van der Waals surface area (Å²) < 4.78 is 5.35. The van der Waals surface area contributed by atoms with Gasteiger partial charge < -0.3 is 20.1 Å². The first kappa shape index (κ1) is 12.8. The third-order valence-corrected chi connectivity index (χ3v) is 1.85. The van der Waals surface area contributed by atoms with Crippen molar-refractivity contribution in [1.82, 2.24) is 0 Å². The van der Waals surface area contributed by atoms with Crippen molar-refractivity contribution in [2.45, 2.75) is 45.0 Å². The third-order valence-electron chi connectivity index (χ3n) is 1.85. The van der Waals surface area contributed by atoms with Crippen LogP contribution in [0.5, 0.6) is 0 Å². The van der Waals surface area contributed by atoms with E-state index in [-0.39, 0.29) is 19.3 Å². The van der Waals surface area contributed by atoms with E-state index in [4.69, 9.17) is 20.1 Å². The molecule has 0 aliphatic heterocycles. The van der Waals surface area contributed by atoms with Gasteiger partial charge in [-0.2, -0.15) is 0 Å². The summed E-state index contributed by atoms with van der Waals surface area (Å²) in [6, 6.07) is 0. The minimum Gasteiger partial charge on any atom is -0.394 e. The average Bonchev–Trinajstić information content (AvgIpc) is 2.11. The zero-order valence-electron chi connectivity index (χ0n) is 8.31. The van der Waals surface area contributed by atoms with Gasteiger partial charge in [-0.05, 0) is 19.8 Å². The molecule has 0 aromatic rings. The molecule has 0 bridgehead atoms. The molecule has 0 heterocycles. The van der Waals surface area contributed by atoms with Gasteiger partial charge in [0.2, 0.25) is 0 Å². The van der Waals surface area contributed by atoms with Crippen LogP contribution in [0.2, 0.25) is 0 Å². The van der Waals surface area contributed by atoms with Crippen LogP contribution in [0, 0.1) is 0 Å². The lowest BCUT2D eigenvalue weighted by molar-refractivity contribution is -0.0765. The zero-order valence-corrected chi connectivity index (χ0v) is 8.31. The molecule has 0 spiro atoms. The molecule has 0 aromatic heterocycles. The number of hydrogen-bond donors (Lipinski definition) is 3. The van der Waals surface area contributed by atoms with Gasteiger partial charge in [0.1, 0.15) is 6.10 Å². The quantitative estimate of drug-likeness (QED) is 0.527. The highest BCUT2D eigenvalue weighted by Crippen LogP contribution is 2.09. The molecule has 0 saturated carbocycles. The van der Waals surface area contributed by atoms with E-state index >= 15 is 0 Å². The topological polar surface area (TPSA) is 69.9 Å². The molecule has 4 nitrogen and oxygen atoms in total. The van der Waals surface area contributed by atoms with Crippen LogP contribution in [-0.2, 0) is 4.74 Å². The molecule has 13 heavy (non-hydrogen) atoms. The van der Waals surface area contributed by atoms with Crippen molar-refractivity contribution in [2.75, 3.05) is 13.2 Å². The SMILES string of the molecule is CCC(CC(C)O)OC(CO)CO. The molecule has 80 valence electrons. The Kier molecular flexibility index (Phi) is 7.17. The van der Waals surface area contributed by atoms with Crippen LogP contribution in [0.1, 0.15) is 26.7 Å². The van der Waals surface area contributed by atoms with Crippen LogP contribution < -0.4 is 0 Å². The van der Waals surface area contributed by atoms with Crippen LogP contribution in [0.3, 0.4) is 0 Å². The lowest BCUT2D eigenvalue weighted by Crippen LogP contribution is -2.29. The Labute approximate surface area is 79.2 Å². The maximum Gasteiger partial charge on any atom is 0.104 e. The van der Waals surface area contributed by atoms with E-state index in [1.807, 2.05) is 6.92 Å². The third kappa shape index (κ3) is 5.99. The largest absolute Gasteiger partial charge is 0.394 e. The van der Waals surface area contributed by atoms with Crippen molar-refractivity contribution in [2.24, 2.45) is 0 Å². The highest BCUT2D eigenvalue weighted by atomic mass is 16.5. The lowest BCUT2D eigenvalue weighted by atomic mass is 10.1. The van der Waals surface area contributed by atoms with Crippen molar-refractivity contribution in [3.63, 3.8) is 0 Å². The number of aliphatic hydroxyl groups excluding tert-OH is 3. The van der Waals surface area contributed by atoms with Gasteiger partial charge in [0.25, 0.3) is 0 Å². The molecule has 0 fully saturated rings. The highest BCUT2D eigenvalue weighted by Gasteiger charge is 2.15. The van der Waals surface area contributed by atoms with E-state index in [0.717, 1.165) is 6.42 Å². The molecule has 2 unspecified atom stereocenters. The van der Waals surface area contributed by atoms with Gasteiger partial charge in [0.05, 0.1) is 25.4 Å². The van der Waals surface area contributed by atoms with E-state index in [9.17, 15) is 0 Å². The zero-order chi connectivity index (χ0) is 10.3. The Morgan fingerprint density at radius 3 is 2.00 bits per heavy atom. The van der Waals surface area contributed by atoms with Gasteiger partial charge in [0, 0.05) is 0 Å². The van der Waals surface area contributed by atoms with Crippen LogP contribution in [0.25, 0.3) is 0 Å². The van der Waals surface area contributed by atoms with E-state index in [1.165, 1.54) is 0 Å². The van der Waals surface area contributed by atoms with E-state index < -0.39 is 12.2 Å². The highest BCUT2D eigenvalue weighted by molar-refractivity contribution is 4.63. The summed E-state index contributed by atoms with van der Waals surface area (Å²) in [5.74, 6) is 0. The summed E-state index contributed by atoms with van der Waals surface area (Å²) >= 11 is 0. The van der Waals surface area contributed by atoms with Crippen molar-refractivity contribution >= 4 is 0 Å². The molecule has 0 aliphatic carbocycles. The molecule has 3 N–H and O–H groups in total. The second-order valence-corrected chi connectivity index (χ2v) is 3.24. The Morgan fingerprint density at radius 1 is 1.15 bits per heavy atom. The monoisotopic (exact) mass is 192 g/mol. The fraction of sp³-hybridized carbons (Fsp3) is 1.00. The van der Waals surface area contributed by atoms with Crippen molar-refractivity contribution in [3.05, 3.63) is 0 Å². The Hall–Kier alpha value is -0.160. The standard InChI is InChI=1S/C9H20O4/c1-3-8(4-7(2)12)13-9(5-10)6-11/h7-12H,3-6H2,1-2H3. The molecule has 0 aromatic carbocycles. The molecule has 0 radical (unpaired) electrons. The summed E-state index contributed by atoms with van der Waals surface area (Å²) in [7, 11) is 0. The van der Waals surface area contributed by atoms with Gasteiger partial charge in [-0.1, -0.05) is 6.92 Å². The van der Waals surface area contributed by atoms with Crippen LogP contribution >= 0.6 is 0 Å². The van der Waals surface area contributed by atoms with Gasteiger partial charge in [-0.15, -0.1) is 0 Å². The second-order valence-electron chi connectivity index (χ2n) is 3.24. The number of ether oxygens (including phenoxy) is 1. The predicted molar refractivity (Wildman–Crippen MR) is 49.4 cm³/mol. The van der Waals surface area contributed by atoms with Crippen LogP contribution in [0.4, 0.5) is 0 Å². The summed E-state index contributed by atoms with van der Waals surface area (Å²) in [5, 5.41) is 26.6. The number of hydrogen-bond acceptors (Lipinski definition) is 4. The summed E-state index contributed by atoms with van der Waals surface area (Å²) in [6.45, 7) is 3.26. The second kappa shape index (κ2) is 7.26. The van der Waals surface area contributed by atoms with E-state index in [0.29, 0.717) is 6.42 Å². The predicted octanol–water partition coefficient (Wildman–Crippen LogP) is -0.0943. The minimum atomic E-state index is -0.524. The van der Waals surface area contributed by atoms with Gasteiger partial charge in [-0.3, -0.25) is 0 Å². The summed E-state index contributed by atoms with van der Waals surface area (Å²) in [5.41, 5.74) is 0. The molecule has 0 amide bonds. The van der Waals surface area contributed by atoms with Gasteiger partial charge in [0.15, 0.2) is 0 Å². The molecule has 0 saturated heterocycles. The first-order valence-corrected chi connectivity index (χ1v) is 4.69. The van der Waals surface area contributed by atoms with Gasteiger partial charge >= 0.3 is 0 Å². The maximum absolute atomic E-state index is 9.11. The van der Waals surface area contributed by atoms with E-state index in [2.05, 4.69) is 0 Å².